The van der Waals surface area contributed by atoms with Crippen LogP contribution in [0.2, 0.25) is 0 Å². The lowest BCUT2D eigenvalue weighted by Gasteiger charge is -2.10. The number of carbonyl (C=O) groups excluding carboxylic acids is 1. The SMILES string of the molecule is O=C(Cn1c(=O)cnc2ccccc21)Nc1ccc(-c2ccccc2)cc1. The van der Waals surface area contributed by atoms with Crippen LogP contribution in [0.25, 0.3) is 22.2 Å². The molecule has 5 nitrogen and oxygen atoms in total. The Bertz CT molecular complexity index is 1150. The van der Waals surface area contributed by atoms with Crippen LogP contribution in [-0.4, -0.2) is 15.5 Å². The first-order chi connectivity index (χ1) is 13.2. The lowest BCUT2D eigenvalue weighted by atomic mass is 10.1. The maximum absolute atomic E-state index is 12.4. The van der Waals surface area contributed by atoms with Crippen molar-refractivity contribution < 1.29 is 4.79 Å². The number of para-hydroxylation sites is 2. The van der Waals surface area contributed by atoms with Crippen LogP contribution < -0.4 is 10.9 Å². The topological polar surface area (TPSA) is 64.0 Å². The van der Waals surface area contributed by atoms with E-state index >= 15 is 0 Å². The van der Waals surface area contributed by atoms with Crippen molar-refractivity contribution in [2.45, 2.75) is 6.54 Å². The largest absolute Gasteiger partial charge is 0.325 e. The lowest BCUT2D eigenvalue weighted by Crippen LogP contribution is -2.27. The number of hydrogen-bond donors (Lipinski definition) is 1. The fraction of sp³-hybridized carbons (Fsp3) is 0.0455. The summed E-state index contributed by atoms with van der Waals surface area (Å²) in [5.41, 5.74) is 3.89. The molecule has 0 fully saturated rings. The molecule has 0 unspecified atom stereocenters. The van der Waals surface area contributed by atoms with E-state index in [0.29, 0.717) is 16.7 Å². The predicted molar refractivity (Wildman–Crippen MR) is 107 cm³/mol. The number of benzene rings is 3. The Hall–Kier alpha value is -3.73. The number of nitrogens with one attached hydrogen (secondary N) is 1. The maximum atomic E-state index is 12.4. The van der Waals surface area contributed by atoms with Gasteiger partial charge in [-0.05, 0) is 35.4 Å². The smallest absolute Gasteiger partial charge is 0.269 e. The maximum Gasteiger partial charge on any atom is 0.269 e. The molecule has 1 heterocycles. The van der Waals surface area contributed by atoms with Gasteiger partial charge in [0, 0.05) is 5.69 Å². The van der Waals surface area contributed by atoms with Gasteiger partial charge in [-0.25, -0.2) is 4.98 Å². The van der Waals surface area contributed by atoms with Gasteiger partial charge < -0.3 is 5.32 Å². The first-order valence-electron chi connectivity index (χ1n) is 8.61. The number of carbonyl (C=O) groups is 1. The number of fused-ring (bicyclic) bond motifs is 1. The van der Waals surface area contributed by atoms with Crippen molar-refractivity contribution in [3.8, 4) is 11.1 Å². The molecule has 1 amide bonds. The molecule has 1 aromatic heterocycles. The molecule has 0 aliphatic heterocycles. The zero-order valence-electron chi connectivity index (χ0n) is 14.5. The van der Waals surface area contributed by atoms with E-state index in [9.17, 15) is 9.59 Å². The molecule has 1 N–H and O–H groups in total. The molecule has 27 heavy (non-hydrogen) atoms. The average molecular weight is 355 g/mol. The predicted octanol–water partition coefficient (Wildman–Crippen LogP) is 3.70. The minimum Gasteiger partial charge on any atom is -0.325 e. The van der Waals surface area contributed by atoms with Gasteiger partial charge in [-0.2, -0.15) is 0 Å². The van der Waals surface area contributed by atoms with Gasteiger partial charge in [0.15, 0.2) is 0 Å². The van der Waals surface area contributed by atoms with Crippen molar-refractivity contribution in [1.82, 2.24) is 9.55 Å². The van der Waals surface area contributed by atoms with Gasteiger partial charge in [0.25, 0.3) is 5.56 Å². The van der Waals surface area contributed by atoms with E-state index in [1.54, 1.807) is 6.07 Å². The minimum atomic E-state index is -0.303. The molecule has 4 rings (SSSR count). The van der Waals surface area contributed by atoms with E-state index in [-0.39, 0.29) is 18.0 Å². The van der Waals surface area contributed by atoms with Gasteiger partial charge in [0.1, 0.15) is 6.54 Å². The summed E-state index contributed by atoms with van der Waals surface area (Å²) in [6.45, 7) is -0.0672. The summed E-state index contributed by atoms with van der Waals surface area (Å²) in [6, 6.07) is 24.9. The van der Waals surface area contributed by atoms with Gasteiger partial charge in [0.2, 0.25) is 5.91 Å². The number of aromatic nitrogens is 2. The second-order valence-corrected chi connectivity index (χ2v) is 6.16. The Balaban J connectivity index is 1.52. The molecule has 0 radical (unpaired) electrons. The number of amides is 1. The van der Waals surface area contributed by atoms with Crippen LogP contribution in [0.3, 0.4) is 0 Å². The second kappa shape index (κ2) is 7.25. The molecule has 0 spiro atoms. The third kappa shape index (κ3) is 3.62. The van der Waals surface area contributed by atoms with Crippen LogP contribution in [0.1, 0.15) is 0 Å². The van der Waals surface area contributed by atoms with Gasteiger partial charge in [-0.1, -0.05) is 54.6 Å². The van der Waals surface area contributed by atoms with Crippen molar-refractivity contribution in [2.24, 2.45) is 0 Å². The van der Waals surface area contributed by atoms with Crippen molar-refractivity contribution in [3.63, 3.8) is 0 Å². The molecule has 4 aromatic rings. The van der Waals surface area contributed by atoms with Crippen LogP contribution in [-0.2, 0) is 11.3 Å². The zero-order chi connectivity index (χ0) is 18.6. The fourth-order valence-electron chi connectivity index (χ4n) is 3.00. The van der Waals surface area contributed by atoms with Gasteiger partial charge in [-0.15, -0.1) is 0 Å². The summed E-state index contributed by atoms with van der Waals surface area (Å²) in [6.07, 6.45) is 1.24. The van der Waals surface area contributed by atoms with Gasteiger partial charge in [0.05, 0.1) is 17.2 Å². The number of hydrogen-bond acceptors (Lipinski definition) is 3. The van der Waals surface area contributed by atoms with Crippen LogP contribution in [0.5, 0.6) is 0 Å². The summed E-state index contributed by atoms with van der Waals surface area (Å²) in [5.74, 6) is -0.263. The summed E-state index contributed by atoms with van der Waals surface area (Å²) in [4.78, 5) is 28.7. The van der Waals surface area contributed by atoms with Crippen LogP contribution in [0.4, 0.5) is 5.69 Å². The zero-order valence-corrected chi connectivity index (χ0v) is 14.5. The van der Waals surface area contributed by atoms with E-state index in [1.165, 1.54) is 10.8 Å². The summed E-state index contributed by atoms with van der Waals surface area (Å²) < 4.78 is 1.43. The molecular weight excluding hydrogens is 338 g/mol. The number of anilines is 1. The normalized spacial score (nSPS) is 10.7. The van der Waals surface area contributed by atoms with Crippen molar-refractivity contribution in [1.29, 1.82) is 0 Å². The Labute approximate surface area is 155 Å². The minimum absolute atomic E-state index is 0.0672. The summed E-state index contributed by atoms with van der Waals surface area (Å²) in [5, 5.41) is 2.84. The molecule has 0 bridgehead atoms. The molecule has 132 valence electrons. The molecular formula is C22H17N3O2. The van der Waals surface area contributed by atoms with Crippen LogP contribution in [0, 0.1) is 0 Å². The van der Waals surface area contributed by atoms with Crippen LogP contribution >= 0.6 is 0 Å². The Morgan fingerprint density at radius 2 is 1.52 bits per heavy atom. The van der Waals surface area contributed by atoms with E-state index < -0.39 is 0 Å². The van der Waals surface area contributed by atoms with Gasteiger partial charge in [-0.3, -0.25) is 14.2 Å². The third-order valence-electron chi connectivity index (χ3n) is 4.33. The molecule has 0 saturated carbocycles. The molecule has 3 aromatic carbocycles. The van der Waals surface area contributed by atoms with Crippen molar-refractivity contribution in [3.05, 3.63) is 95.4 Å². The Kier molecular flexibility index (Phi) is 4.49. The van der Waals surface area contributed by atoms with Gasteiger partial charge >= 0.3 is 0 Å². The molecule has 0 atom stereocenters. The standard InChI is InChI=1S/C22H17N3O2/c26-21(15-25-20-9-5-4-8-19(20)23-14-22(25)27)24-18-12-10-17(11-13-18)16-6-2-1-3-7-16/h1-14H,15H2,(H,24,26). The highest BCUT2D eigenvalue weighted by atomic mass is 16.2. The molecule has 0 saturated heterocycles. The highest BCUT2D eigenvalue weighted by Crippen LogP contribution is 2.21. The highest BCUT2D eigenvalue weighted by molar-refractivity contribution is 5.91. The molecule has 0 aliphatic carbocycles. The van der Waals surface area contributed by atoms with Crippen molar-refractivity contribution >= 4 is 22.6 Å². The summed E-state index contributed by atoms with van der Waals surface area (Å²) >= 11 is 0. The lowest BCUT2D eigenvalue weighted by molar-refractivity contribution is -0.116. The second-order valence-electron chi connectivity index (χ2n) is 6.16. The number of nitrogens with zero attached hydrogens (tertiary/aromatic N) is 2. The number of rotatable bonds is 4. The van der Waals surface area contributed by atoms with Crippen molar-refractivity contribution in [2.75, 3.05) is 5.32 Å². The summed E-state index contributed by atoms with van der Waals surface area (Å²) in [7, 11) is 0. The van der Waals surface area contributed by atoms with E-state index in [0.717, 1.165) is 11.1 Å². The average Bonchev–Trinajstić information content (AvgIpc) is 2.71. The van der Waals surface area contributed by atoms with E-state index in [1.807, 2.05) is 72.8 Å². The first-order valence-corrected chi connectivity index (χ1v) is 8.61. The molecule has 0 aliphatic rings. The fourth-order valence-corrected chi connectivity index (χ4v) is 3.00. The van der Waals surface area contributed by atoms with E-state index in [4.69, 9.17) is 0 Å². The monoisotopic (exact) mass is 355 g/mol. The third-order valence-corrected chi connectivity index (χ3v) is 4.33. The Morgan fingerprint density at radius 3 is 2.30 bits per heavy atom. The van der Waals surface area contributed by atoms with E-state index in [2.05, 4.69) is 10.3 Å². The Morgan fingerprint density at radius 1 is 0.852 bits per heavy atom. The molecule has 5 heteroatoms. The first kappa shape index (κ1) is 16.7. The quantitative estimate of drug-likeness (QED) is 0.607. The highest BCUT2D eigenvalue weighted by Gasteiger charge is 2.09. The van der Waals surface area contributed by atoms with Crippen LogP contribution in [0.15, 0.2) is 89.9 Å².